The second-order valence-corrected chi connectivity index (χ2v) is 8.77. The van der Waals surface area contributed by atoms with Crippen molar-refractivity contribution in [1.82, 2.24) is 15.2 Å². The van der Waals surface area contributed by atoms with Gasteiger partial charge < -0.3 is 5.32 Å². The molecule has 0 radical (unpaired) electrons. The summed E-state index contributed by atoms with van der Waals surface area (Å²) in [4.78, 5) is 16.0. The van der Waals surface area contributed by atoms with Gasteiger partial charge in [0, 0.05) is 11.8 Å². The Hall–Kier alpha value is -2.45. The molecule has 2 N–H and O–H groups in total. The Bertz CT molecular complexity index is 1060. The lowest BCUT2D eigenvalue weighted by Gasteiger charge is -2.09. The van der Waals surface area contributed by atoms with E-state index in [0.717, 1.165) is 11.1 Å². The number of carbonyl (C=O) groups excluding carboxylic acids is 1. The van der Waals surface area contributed by atoms with Gasteiger partial charge in [-0.25, -0.2) is 13.4 Å². The van der Waals surface area contributed by atoms with Crippen LogP contribution in [0.25, 0.3) is 22.2 Å². The molecule has 9 heteroatoms. The topological polar surface area (TPSA) is 105 Å². The monoisotopic (exact) mass is 392 g/mol. The van der Waals surface area contributed by atoms with Gasteiger partial charge in [-0.2, -0.15) is 5.10 Å². The van der Waals surface area contributed by atoms with Crippen LogP contribution in [-0.4, -0.2) is 40.6 Å². The zero-order valence-electron chi connectivity index (χ0n) is 14.2. The maximum absolute atomic E-state index is 12.2. The van der Waals surface area contributed by atoms with E-state index in [4.69, 9.17) is 11.6 Å². The van der Waals surface area contributed by atoms with Gasteiger partial charge in [0.05, 0.1) is 15.5 Å². The summed E-state index contributed by atoms with van der Waals surface area (Å²) in [6, 6.07) is 8.45. The van der Waals surface area contributed by atoms with Crippen molar-refractivity contribution >= 4 is 44.2 Å². The van der Waals surface area contributed by atoms with Gasteiger partial charge in [0.1, 0.15) is 11.7 Å². The number of pyridine rings is 1. The first-order chi connectivity index (χ1) is 12.3. The fourth-order valence-corrected chi connectivity index (χ4v) is 3.56. The highest BCUT2D eigenvalue weighted by molar-refractivity contribution is 7.92. The molecule has 0 bridgehead atoms. The van der Waals surface area contributed by atoms with E-state index in [2.05, 4.69) is 20.5 Å². The van der Waals surface area contributed by atoms with E-state index in [1.54, 1.807) is 44.3 Å². The molecule has 1 amide bonds. The van der Waals surface area contributed by atoms with Gasteiger partial charge in [0.25, 0.3) is 0 Å². The van der Waals surface area contributed by atoms with E-state index in [0.29, 0.717) is 16.9 Å². The van der Waals surface area contributed by atoms with E-state index in [1.165, 1.54) is 0 Å². The molecule has 0 aliphatic rings. The number of carbonyl (C=O) groups is 1. The van der Waals surface area contributed by atoms with Crippen LogP contribution in [0.1, 0.15) is 13.8 Å². The quantitative estimate of drug-likeness (QED) is 0.649. The molecule has 7 nitrogen and oxygen atoms in total. The molecular weight excluding hydrogens is 376 g/mol. The first-order valence-corrected chi connectivity index (χ1v) is 9.95. The number of nitrogens with zero attached hydrogens (tertiary/aromatic N) is 2. The van der Waals surface area contributed by atoms with Crippen molar-refractivity contribution in [2.45, 2.75) is 24.0 Å². The summed E-state index contributed by atoms with van der Waals surface area (Å²) in [5.74, 6) is -0.107. The number of benzene rings is 1. The molecule has 0 spiro atoms. The largest absolute Gasteiger partial charge is 0.309 e. The van der Waals surface area contributed by atoms with Crippen molar-refractivity contribution in [2.75, 3.05) is 11.2 Å². The number of amides is 1. The fourth-order valence-electron chi connectivity index (χ4n) is 2.43. The van der Waals surface area contributed by atoms with Gasteiger partial charge in [-0.1, -0.05) is 12.1 Å². The van der Waals surface area contributed by atoms with Crippen LogP contribution in [0.5, 0.6) is 0 Å². The van der Waals surface area contributed by atoms with Crippen molar-refractivity contribution in [3.05, 3.63) is 36.5 Å². The first-order valence-electron chi connectivity index (χ1n) is 7.87. The van der Waals surface area contributed by atoms with Gasteiger partial charge in [0.15, 0.2) is 15.5 Å². The lowest BCUT2D eigenvalue weighted by molar-refractivity contribution is -0.113. The lowest BCUT2D eigenvalue weighted by atomic mass is 10.1. The Labute approximate surface area is 155 Å². The van der Waals surface area contributed by atoms with Crippen LogP contribution in [0.3, 0.4) is 0 Å². The van der Waals surface area contributed by atoms with Gasteiger partial charge in [-0.15, -0.1) is 11.6 Å². The Balaban J connectivity index is 1.98. The molecule has 2 aromatic heterocycles. The first kappa shape index (κ1) is 18.3. The van der Waals surface area contributed by atoms with Crippen LogP contribution in [0.4, 0.5) is 5.82 Å². The molecule has 136 valence electrons. The predicted molar refractivity (Wildman–Crippen MR) is 101 cm³/mol. The molecule has 0 aliphatic carbocycles. The van der Waals surface area contributed by atoms with Crippen LogP contribution in [-0.2, 0) is 14.6 Å². The van der Waals surface area contributed by atoms with Crippen molar-refractivity contribution < 1.29 is 13.2 Å². The molecule has 0 unspecified atom stereocenters. The van der Waals surface area contributed by atoms with Gasteiger partial charge in [0.2, 0.25) is 5.91 Å². The number of hydrogen-bond acceptors (Lipinski definition) is 5. The van der Waals surface area contributed by atoms with Crippen LogP contribution < -0.4 is 5.32 Å². The minimum absolute atomic E-state index is 0.167. The summed E-state index contributed by atoms with van der Waals surface area (Å²) in [7, 11) is -3.32. The Morgan fingerprint density at radius 2 is 1.92 bits per heavy atom. The molecule has 26 heavy (non-hydrogen) atoms. The lowest BCUT2D eigenvalue weighted by Crippen LogP contribution is -2.13. The fraction of sp³-hybridized carbons (Fsp3) is 0.235. The standard InChI is InChI=1S/C17H17ClN4O3S/c1-10(2)26(24,25)13-5-3-11(4-6-13)12-7-14-16(19-9-12)21-22-17(14)20-15(23)8-18/h3-7,9-10H,8H2,1-2H3,(H2,19,20,21,22,23). The predicted octanol–water partition coefficient (Wildman–Crippen LogP) is 2.98. The molecular formula is C17H17ClN4O3S. The molecule has 3 rings (SSSR count). The molecule has 1 aromatic carbocycles. The third-order valence-corrected chi connectivity index (χ3v) is 6.35. The SMILES string of the molecule is CC(C)S(=O)(=O)c1ccc(-c2cnc3n[nH]c(NC(=O)CCl)c3c2)cc1. The summed E-state index contributed by atoms with van der Waals surface area (Å²) in [6.07, 6.45) is 1.64. The molecule has 0 saturated heterocycles. The van der Waals surface area contributed by atoms with E-state index in [-0.39, 0.29) is 16.7 Å². The third-order valence-electron chi connectivity index (χ3n) is 3.93. The summed E-state index contributed by atoms with van der Waals surface area (Å²) in [5.41, 5.74) is 2.03. The summed E-state index contributed by atoms with van der Waals surface area (Å²) in [6.45, 7) is 3.30. The zero-order chi connectivity index (χ0) is 18.9. The number of anilines is 1. The van der Waals surface area contributed by atoms with E-state index in [9.17, 15) is 13.2 Å². The molecule has 0 atom stereocenters. The number of aromatic nitrogens is 3. The minimum atomic E-state index is -3.32. The number of halogens is 1. The third kappa shape index (κ3) is 3.42. The highest BCUT2D eigenvalue weighted by atomic mass is 35.5. The number of fused-ring (bicyclic) bond motifs is 1. The maximum Gasteiger partial charge on any atom is 0.240 e. The average Bonchev–Trinajstić information content (AvgIpc) is 3.03. The Kier molecular flexibility index (Phi) is 4.97. The molecule has 0 saturated carbocycles. The van der Waals surface area contributed by atoms with Crippen molar-refractivity contribution in [1.29, 1.82) is 0 Å². The highest BCUT2D eigenvalue weighted by Crippen LogP contribution is 2.27. The Morgan fingerprint density at radius 3 is 2.54 bits per heavy atom. The average molecular weight is 393 g/mol. The number of aromatic amines is 1. The number of rotatable bonds is 5. The molecule has 0 fully saturated rings. The van der Waals surface area contributed by atoms with E-state index >= 15 is 0 Å². The van der Waals surface area contributed by atoms with Crippen molar-refractivity contribution in [3.8, 4) is 11.1 Å². The number of alkyl halides is 1. The maximum atomic E-state index is 12.2. The van der Waals surface area contributed by atoms with Gasteiger partial charge >= 0.3 is 0 Å². The minimum Gasteiger partial charge on any atom is -0.309 e. The second-order valence-electron chi connectivity index (χ2n) is 5.99. The molecule has 2 heterocycles. The highest BCUT2D eigenvalue weighted by Gasteiger charge is 2.19. The Morgan fingerprint density at radius 1 is 1.23 bits per heavy atom. The van der Waals surface area contributed by atoms with Crippen LogP contribution in [0.15, 0.2) is 41.4 Å². The van der Waals surface area contributed by atoms with Gasteiger partial charge in [-0.3, -0.25) is 9.89 Å². The molecule has 0 aliphatic heterocycles. The van der Waals surface area contributed by atoms with Crippen molar-refractivity contribution in [2.24, 2.45) is 0 Å². The van der Waals surface area contributed by atoms with Gasteiger partial charge in [-0.05, 0) is 37.6 Å². The summed E-state index contributed by atoms with van der Waals surface area (Å²) < 4.78 is 24.4. The number of H-pyrrole nitrogens is 1. The number of sulfone groups is 1. The van der Waals surface area contributed by atoms with E-state index < -0.39 is 15.1 Å². The smallest absolute Gasteiger partial charge is 0.240 e. The molecule has 3 aromatic rings. The summed E-state index contributed by atoms with van der Waals surface area (Å²) in [5, 5.41) is 9.53. The number of nitrogens with one attached hydrogen (secondary N) is 2. The normalized spacial score (nSPS) is 11.8. The number of hydrogen-bond donors (Lipinski definition) is 2. The zero-order valence-corrected chi connectivity index (χ0v) is 15.7. The van der Waals surface area contributed by atoms with Crippen LogP contribution >= 0.6 is 11.6 Å². The second kappa shape index (κ2) is 7.05. The van der Waals surface area contributed by atoms with Crippen molar-refractivity contribution in [3.63, 3.8) is 0 Å². The van der Waals surface area contributed by atoms with E-state index in [1.807, 2.05) is 6.07 Å². The van der Waals surface area contributed by atoms with Crippen LogP contribution in [0.2, 0.25) is 0 Å². The summed E-state index contributed by atoms with van der Waals surface area (Å²) >= 11 is 5.51. The van der Waals surface area contributed by atoms with Crippen LogP contribution in [0, 0.1) is 0 Å².